The van der Waals surface area contributed by atoms with Gasteiger partial charge in [0.15, 0.2) is 12.6 Å². The predicted molar refractivity (Wildman–Crippen MR) is 212 cm³/mol. The van der Waals surface area contributed by atoms with Gasteiger partial charge in [-0.1, -0.05) is 41.5 Å². The number of ether oxygens (including phenoxy) is 4. The zero-order valence-corrected chi connectivity index (χ0v) is 35.8. The summed E-state index contributed by atoms with van der Waals surface area (Å²) in [7, 11) is 0. The predicted octanol–water partition coefficient (Wildman–Crippen LogP) is 2.44. The van der Waals surface area contributed by atoms with E-state index in [0.29, 0.717) is 55.4 Å². The summed E-state index contributed by atoms with van der Waals surface area (Å²) < 4.78 is 23.7. The average molecular weight is 826 g/mol. The molecule has 2 saturated heterocycles. The van der Waals surface area contributed by atoms with Crippen molar-refractivity contribution < 1.29 is 64.3 Å². The highest BCUT2D eigenvalue weighted by atomic mass is 16.7. The minimum atomic E-state index is -1.63. The largest absolute Gasteiger partial charge is 0.394 e. The molecule has 4 saturated carbocycles. The molecule has 14 heteroatoms. The van der Waals surface area contributed by atoms with Gasteiger partial charge in [0.2, 0.25) is 5.91 Å². The van der Waals surface area contributed by atoms with E-state index in [1.807, 2.05) is 20.8 Å². The van der Waals surface area contributed by atoms with Crippen LogP contribution in [0, 0.1) is 58.2 Å². The molecule has 0 aromatic rings. The normalized spacial score (nSPS) is 47.7. The molecule has 0 aromatic heterocycles. The maximum atomic E-state index is 13.7. The monoisotopic (exact) mass is 826 g/mol. The number of fused-ring (bicyclic) bond motifs is 5. The molecule has 0 unspecified atom stereocenters. The number of ketones is 1. The molecule has 6 rings (SSSR count). The van der Waals surface area contributed by atoms with E-state index in [-0.39, 0.29) is 46.4 Å². The van der Waals surface area contributed by atoms with Crippen molar-refractivity contribution in [3.63, 3.8) is 0 Å². The third kappa shape index (κ3) is 9.09. The lowest BCUT2D eigenvalue weighted by atomic mass is 9.44. The van der Waals surface area contributed by atoms with E-state index in [1.165, 1.54) is 6.92 Å². The van der Waals surface area contributed by atoms with E-state index in [1.54, 1.807) is 0 Å². The van der Waals surface area contributed by atoms with Crippen molar-refractivity contribution in [1.82, 2.24) is 5.32 Å². The molecule has 21 atom stereocenters. The van der Waals surface area contributed by atoms with Gasteiger partial charge in [-0.2, -0.15) is 0 Å². The molecule has 4 aliphatic carbocycles. The lowest BCUT2D eigenvalue weighted by Crippen LogP contribution is -2.64. The highest BCUT2D eigenvalue weighted by molar-refractivity contribution is 5.81. The van der Waals surface area contributed by atoms with Crippen molar-refractivity contribution in [3.8, 4) is 0 Å². The third-order valence-corrected chi connectivity index (χ3v) is 16.1. The molecule has 334 valence electrons. The molecule has 0 aromatic carbocycles. The van der Waals surface area contributed by atoms with Crippen LogP contribution in [0.4, 0.5) is 0 Å². The first-order chi connectivity index (χ1) is 27.3. The quantitative estimate of drug-likeness (QED) is 0.118. The number of aliphatic hydroxyl groups excluding tert-OH is 7. The lowest BCUT2D eigenvalue weighted by molar-refractivity contribution is -0.361. The minimum absolute atomic E-state index is 0.0532. The molecule has 14 nitrogen and oxygen atoms in total. The first-order valence-corrected chi connectivity index (χ1v) is 22.4. The van der Waals surface area contributed by atoms with Gasteiger partial charge < -0.3 is 60.0 Å². The Morgan fingerprint density at radius 1 is 0.793 bits per heavy atom. The molecular formula is C44H75NO13. The molecule has 0 spiro atoms. The Morgan fingerprint density at radius 2 is 1.47 bits per heavy atom. The van der Waals surface area contributed by atoms with E-state index in [2.05, 4.69) is 26.1 Å². The Morgan fingerprint density at radius 3 is 2.16 bits per heavy atom. The molecule has 6 aliphatic rings. The van der Waals surface area contributed by atoms with Crippen molar-refractivity contribution in [2.75, 3.05) is 13.2 Å². The second-order valence-corrected chi connectivity index (χ2v) is 20.4. The summed E-state index contributed by atoms with van der Waals surface area (Å²) >= 11 is 0. The van der Waals surface area contributed by atoms with Gasteiger partial charge in [0.1, 0.15) is 48.5 Å². The Labute approximate surface area is 344 Å². The second-order valence-electron chi connectivity index (χ2n) is 20.4. The summed E-state index contributed by atoms with van der Waals surface area (Å²) in [5, 5.41) is 77.9. The van der Waals surface area contributed by atoms with Gasteiger partial charge in [0.05, 0.1) is 24.9 Å². The van der Waals surface area contributed by atoms with Crippen LogP contribution in [0.25, 0.3) is 0 Å². The van der Waals surface area contributed by atoms with Gasteiger partial charge in [0, 0.05) is 25.3 Å². The van der Waals surface area contributed by atoms with E-state index < -0.39 is 74.1 Å². The van der Waals surface area contributed by atoms with Crippen LogP contribution in [0.15, 0.2) is 0 Å². The first-order valence-electron chi connectivity index (χ1n) is 22.4. The van der Waals surface area contributed by atoms with Crippen LogP contribution in [0.1, 0.15) is 119 Å². The van der Waals surface area contributed by atoms with Crippen LogP contribution in [0.2, 0.25) is 0 Å². The molecule has 0 radical (unpaired) electrons. The van der Waals surface area contributed by atoms with Crippen molar-refractivity contribution in [2.24, 2.45) is 58.2 Å². The average Bonchev–Trinajstić information content (AvgIpc) is 3.45. The van der Waals surface area contributed by atoms with Crippen LogP contribution < -0.4 is 5.32 Å². The Hall–Kier alpha value is -1.30. The molecule has 8 N–H and O–H groups in total. The number of hydrogen-bond acceptors (Lipinski definition) is 13. The molecule has 2 heterocycles. The van der Waals surface area contributed by atoms with Crippen LogP contribution >= 0.6 is 0 Å². The van der Waals surface area contributed by atoms with Crippen molar-refractivity contribution in [1.29, 1.82) is 0 Å². The molecule has 58 heavy (non-hydrogen) atoms. The van der Waals surface area contributed by atoms with Crippen molar-refractivity contribution in [3.05, 3.63) is 0 Å². The minimum Gasteiger partial charge on any atom is -0.394 e. The molecule has 0 bridgehead atoms. The van der Waals surface area contributed by atoms with E-state index >= 15 is 0 Å². The number of rotatable bonds is 14. The Bertz CT molecular complexity index is 1400. The van der Waals surface area contributed by atoms with E-state index in [9.17, 15) is 45.3 Å². The van der Waals surface area contributed by atoms with Gasteiger partial charge >= 0.3 is 0 Å². The fourth-order valence-corrected chi connectivity index (χ4v) is 12.8. The number of carbonyl (C=O) groups excluding carboxylic acids is 2. The first kappa shape index (κ1) is 46.2. The van der Waals surface area contributed by atoms with Crippen LogP contribution in [-0.4, -0.2) is 134 Å². The Balaban J connectivity index is 1.03. The summed E-state index contributed by atoms with van der Waals surface area (Å²) in [6.07, 6.45) is -5.42. The van der Waals surface area contributed by atoms with Gasteiger partial charge in [-0.25, -0.2) is 0 Å². The fraction of sp³-hybridized carbons (Fsp3) is 0.955. The second kappa shape index (κ2) is 18.6. The smallest absolute Gasteiger partial charge is 0.220 e. The zero-order chi connectivity index (χ0) is 42.4. The molecule has 1 amide bonds. The Kier molecular flexibility index (Phi) is 14.8. The van der Waals surface area contributed by atoms with Crippen LogP contribution in [-0.2, 0) is 28.5 Å². The molecule has 6 fully saturated rings. The van der Waals surface area contributed by atoms with Crippen LogP contribution in [0.5, 0.6) is 0 Å². The molecular weight excluding hydrogens is 750 g/mol. The van der Waals surface area contributed by atoms with Crippen LogP contribution in [0.3, 0.4) is 0 Å². The highest BCUT2D eigenvalue weighted by Crippen LogP contribution is 2.68. The summed E-state index contributed by atoms with van der Waals surface area (Å²) in [6, 6.07) is 0. The maximum absolute atomic E-state index is 13.7. The summed E-state index contributed by atoms with van der Waals surface area (Å²) in [5.74, 6) is 2.14. The number of Topliss-reactive ketones (excluding diaryl/α,β-unsaturated/α-hetero) is 1. The summed E-state index contributed by atoms with van der Waals surface area (Å²) in [5.41, 5.74) is -0.0419. The lowest BCUT2D eigenvalue weighted by Gasteiger charge is -2.61. The number of hydrogen-bond donors (Lipinski definition) is 8. The maximum Gasteiger partial charge on any atom is 0.220 e. The van der Waals surface area contributed by atoms with Gasteiger partial charge in [-0.05, 0) is 117 Å². The fourth-order valence-electron chi connectivity index (χ4n) is 12.8. The van der Waals surface area contributed by atoms with E-state index in [4.69, 9.17) is 18.9 Å². The summed E-state index contributed by atoms with van der Waals surface area (Å²) in [6.45, 7) is 14.4. The number of aliphatic hydroxyl groups is 7. The van der Waals surface area contributed by atoms with Gasteiger partial charge in [-0.15, -0.1) is 0 Å². The molecule has 2 aliphatic heterocycles. The van der Waals surface area contributed by atoms with Gasteiger partial charge in [0.25, 0.3) is 0 Å². The van der Waals surface area contributed by atoms with Gasteiger partial charge in [-0.3, -0.25) is 9.59 Å². The number of amides is 1. The van der Waals surface area contributed by atoms with Crippen molar-refractivity contribution in [2.45, 2.75) is 193 Å². The zero-order valence-electron chi connectivity index (χ0n) is 35.8. The van der Waals surface area contributed by atoms with E-state index in [0.717, 1.165) is 51.4 Å². The van der Waals surface area contributed by atoms with Crippen molar-refractivity contribution >= 4 is 11.7 Å². The topological polar surface area (TPSA) is 225 Å². The highest BCUT2D eigenvalue weighted by Gasteiger charge is 2.63. The number of nitrogens with one attached hydrogen (secondary N) is 1. The SMILES string of the molecule is CC(C)CC(=O)NC[C@H](C)CCC(=O)[C@@H](C)[C@H]1[C@H](O)C[C@H]2[C@@H]3CC[C@H]4C[C@@H](O[C@@H]5O[C@H](CO)[C@@H](O[C@@H]6O[C@@H](C)[C@H](O)[C@@H](O)[C@H]6O)[C@H](O)[C@H]5O)CC[C@]4(C)[C@H]3CC[C@]12C. The third-order valence-electron chi connectivity index (χ3n) is 16.1. The standard InChI is InChI=1S/C44H75NO13/c1-21(2)16-33(49)45-19-22(3)8-11-30(47)23(4)34-31(48)18-29-27-10-9-25-17-26(12-14-43(25,6)28(27)13-15-44(29,34)7)56-42-39(54)37(52)40(32(20-46)57-42)58-41-38(53)36(51)35(50)24(5)55-41/h21-29,31-32,34-42,46,48,50-54H,8-20H2,1-7H3,(H,45,49)/t22-,23-,24+,25+,26+,27-,28+,29+,31-,32-,34+,35+,36-,37-,38-,39-,40-,41+,42-,43+,44+/m1/s1. The number of carbonyl (C=O) groups is 2. The summed E-state index contributed by atoms with van der Waals surface area (Å²) in [4.78, 5) is 25.8.